The molecule has 84 valence electrons. The number of nitrogens with two attached hydrogens (primary N) is 1. The van der Waals surface area contributed by atoms with Crippen LogP contribution in [0.3, 0.4) is 0 Å². The molecule has 0 aliphatic carbocycles. The molecule has 0 aliphatic rings. The fraction of sp³-hybridized carbons (Fsp3) is 0.250. The van der Waals surface area contributed by atoms with E-state index in [1.54, 1.807) is 0 Å². The van der Waals surface area contributed by atoms with Crippen molar-refractivity contribution in [3.05, 3.63) is 33.4 Å². The molecule has 2 aromatic rings. The van der Waals surface area contributed by atoms with E-state index in [0.717, 1.165) is 14.9 Å². The van der Waals surface area contributed by atoms with E-state index in [1.807, 2.05) is 12.1 Å². The smallest absolute Gasteiger partial charge is 0.182 e. The molecule has 2 rings (SSSR count). The summed E-state index contributed by atoms with van der Waals surface area (Å²) in [7, 11) is 0. The van der Waals surface area contributed by atoms with Gasteiger partial charge in [-0.15, -0.1) is 0 Å². The van der Waals surface area contributed by atoms with E-state index in [-0.39, 0.29) is 0 Å². The van der Waals surface area contributed by atoms with Crippen LogP contribution in [0.4, 0.5) is 5.82 Å². The van der Waals surface area contributed by atoms with E-state index in [9.17, 15) is 0 Å². The van der Waals surface area contributed by atoms with E-state index >= 15 is 0 Å². The highest BCUT2D eigenvalue weighted by molar-refractivity contribution is 14.1. The predicted molar refractivity (Wildman–Crippen MR) is 73.2 cm³/mol. The van der Waals surface area contributed by atoms with Crippen molar-refractivity contribution in [1.29, 1.82) is 0 Å². The van der Waals surface area contributed by atoms with Gasteiger partial charge in [-0.05, 0) is 34.1 Å². The quantitative estimate of drug-likeness (QED) is 0.856. The molecular formula is C12H13IN2O. The highest BCUT2D eigenvalue weighted by atomic mass is 127. The number of hydrogen-bond donors (Lipinski definition) is 1. The maximum absolute atomic E-state index is 5.64. The van der Waals surface area contributed by atoms with Crippen LogP contribution < -0.4 is 5.73 Å². The standard InChI is InChI=1S/C12H13IN2O/c1-7(2)8-3-5-9(6-4-8)11-10(13)12(14)15-16-11/h3-7H,1-2H3,(H2,14,15). The van der Waals surface area contributed by atoms with Crippen LogP contribution in [0, 0.1) is 3.57 Å². The zero-order valence-electron chi connectivity index (χ0n) is 9.20. The van der Waals surface area contributed by atoms with E-state index in [2.05, 4.69) is 53.7 Å². The topological polar surface area (TPSA) is 52.0 Å². The van der Waals surface area contributed by atoms with Crippen molar-refractivity contribution in [2.75, 3.05) is 5.73 Å². The number of benzene rings is 1. The molecule has 0 bridgehead atoms. The third-order valence-electron chi connectivity index (χ3n) is 2.50. The molecule has 1 aromatic heterocycles. The molecule has 0 saturated heterocycles. The molecular weight excluding hydrogens is 315 g/mol. The second-order valence-corrected chi connectivity index (χ2v) is 5.07. The third-order valence-corrected chi connectivity index (χ3v) is 3.54. The first-order chi connectivity index (χ1) is 7.59. The van der Waals surface area contributed by atoms with Gasteiger partial charge in [-0.25, -0.2) is 0 Å². The van der Waals surface area contributed by atoms with Crippen molar-refractivity contribution >= 4 is 28.4 Å². The Morgan fingerprint density at radius 1 is 1.25 bits per heavy atom. The summed E-state index contributed by atoms with van der Waals surface area (Å²) in [5.74, 6) is 1.73. The summed E-state index contributed by atoms with van der Waals surface area (Å²) < 4.78 is 6.07. The zero-order chi connectivity index (χ0) is 11.7. The van der Waals surface area contributed by atoms with Crippen LogP contribution in [-0.4, -0.2) is 5.16 Å². The summed E-state index contributed by atoms with van der Waals surface area (Å²) >= 11 is 2.14. The molecule has 4 heteroatoms. The highest BCUT2D eigenvalue weighted by Gasteiger charge is 2.12. The third kappa shape index (κ3) is 2.07. The first kappa shape index (κ1) is 11.4. The van der Waals surface area contributed by atoms with Crippen molar-refractivity contribution in [1.82, 2.24) is 5.16 Å². The minimum atomic E-state index is 0.448. The number of hydrogen-bond acceptors (Lipinski definition) is 3. The van der Waals surface area contributed by atoms with Crippen molar-refractivity contribution in [2.24, 2.45) is 0 Å². The molecule has 0 aliphatic heterocycles. The average molecular weight is 328 g/mol. The molecule has 0 amide bonds. The minimum Gasteiger partial charge on any atom is -0.380 e. The maximum atomic E-state index is 5.64. The van der Waals surface area contributed by atoms with Crippen LogP contribution in [0.25, 0.3) is 11.3 Å². The summed E-state index contributed by atoms with van der Waals surface area (Å²) in [6.07, 6.45) is 0. The van der Waals surface area contributed by atoms with E-state index < -0.39 is 0 Å². The van der Waals surface area contributed by atoms with Gasteiger partial charge in [0.05, 0.1) is 0 Å². The first-order valence-corrected chi connectivity index (χ1v) is 6.18. The second kappa shape index (κ2) is 4.45. The Bertz CT molecular complexity index is 488. The Kier molecular flexibility index (Phi) is 3.18. The molecule has 0 spiro atoms. The van der Waals surface area contributed by atoms with Gasteiger partial charge in [0.25, 0.3) is 0 Å². The van der Waals surface area contributed by atoms with Crippen LogP contribution in [0.15, 0.2) is 28.8 Å². The number of anilines is 1. The molecule has 1 heterocycles. The Hall–Kier alpha value is -1.04. The van der Waals surface area contributed by atoms with E-state index in [4.69, 9.17) is 10.3 Å². The highest BCUT2D eigenvalue weighted by Crippen LogP contribution is 2.29. The SMILES string of the molecule is CC(C)c1ccc(-c2onc(N)c2I)cc1. The van der Waals surface area contributed by atoms with Gasteiger partial charge < -0.3 is 10.3 Å². The summed E-state index contributed by atoms with van der Waals surface area (Å²) in [6.45, 7) is 4.34. The molecule has 0 radical (unpaired) electrons. The Morgan fingerprint density at radius 3 is 2.31 bits per heavy atom. The van der Waals surface area contributed by atoms with E-state index in [0.29, 0.717) is 11.7 Å². The molecule has 0 fully saturated rings. The van der Waals surface area contributed by atoms with Gasteiger partial charge in [-0.1, -0.05) is 43.3 Å². The molecule has 1 aromatic carbocycles. The number of nitrogens with zero attached hydrogens (tertiary/aromatic N) is 1. The monoisotopic (exact) mass is 328 g/mol. The van der Waals surface area contributed by atoms with Gasteiger partial charge in [0.2, 0.25) is 0 Å². The van der Waals surface area contributed by atoms with Crippen molar-refractivity contribution in [3.63, 3.8) is 0 Å². The van der Waals surface area contributed by atoms with Gasteiger partial charge in [0, 0.05) is 5.56 Å². The van der Waals surface area contributed by atoms with Crippen molar-refractivity contribution in [2.45, 2.75) is 19.8 Å². The first-order valence-electron chi connectivity index (χ1n) is 5.10. The lowest BCUT2D eigenvalue weighted by Gasteiger charge is -2.05. The van der Waals surface area contributed by atoms with Crippen molar-refractivity contribution in [3.8, 4) is 11.3 Å². The second-order valence-electron chi connectivity index (χ2n) is 3.99. The zero-order valence-corrected chi connectivity index (χ0v) is 11.4. The molecule has 0 unspecified atom stereocenters. The number of halogens is 1. The van der Waals surface area contributed by atoms with Gasteiger partial charge >= 0.3 is 0 Å². The molecule has 0 saturated carbocycles. The van der Waals surface area contributed by atoms with Gasteiger partial charge in [-0.2, -0.15) is 0 Å². The fourth-order valence-electron chi connectivity index (χ4n) is 1.49. The van der Waals surface area contributed by atoms with Crippen LogP contribution in [0.1, 0.15) is 25.3 Å². The minimum absolute atomic E-state index is 0.448. The van der Waals surface area contributed by atoms with Crippen LogP contribution in [0.5, 0.6) is 0 Å². The molecule has 3 nitrogen and oxygen atoms in total. The Morgan fingerprint density at radius 2 is 1.88 bits per heavy atom. The summed E-state index contributed by atoms with van der Waals surface area (Å²) in [6, 6.07) is 8.29. The van der Waals surface area contributed by atoms with Crippen molar-refractivity contribution < 1.29 is 4.52 Å². The van der Waals surface area contributed by atoms with Crippen LogP contribution in [0.2, 0.25) is 0 Å². The number of aromatic nitrogens is 1. The molecule has 2 N–H and O–H groups in total. The normalized spacial score (nSPS) is 11.0. The molecule has 0 atom stereocenters. The predicted octanol–water partition coefficient (Wildman–Crippen LogP) is 3.65. The number of nitrogen functional groups attached to an aromatic ring is 1. The fourth-order valence-corrected chi connectivity index (χ4v) is 2.00. The number of rotatable bonds is 2. The average Bonchev–Trinajstić information content (AvgIpc) is 2.60. The summed E-state index contributed by atoms with van der Waals surface area (Å²) in [5.41, 5.74) is 7.97. The largest absolute Gasteiger partial charge is 0.380 e. The maximum Gasteiger partial charge on any atom is 0.182 e. The van der Waals surface area contributed by atoms with Gasteiger partial charge in [-0.3, -0.25) is 0 Å². The summed E-state index contributed by atoms with van der Waals surface area (Å²) in [5, 5.41) is 3.75. The lowest BCUT2D eigenvalue weighted by atomic mass is 10.0. The summed E-state index contributed by atoms with van der Waals surface area (Å²) in [4.78, 5) is 0. The molecule has 16 heavy (non-hydrogen) atoms. The van der Waals surface area contributed by atoms with Crippen LogP contribution >= 0.6 is 22.6 Å². The van der Waals surface area contributed by atoms with Gasteiger partial charge in [0.15, 0.2) is 11.6 Å². The van der Waals surface area contributed by atoms with E-state index in [1.165, 1.54) is 5.56 Å². The Balaban J connectivity index is 2.38. The lowest BCUT2D eigenvalue weighted by molar-refractivity contribution is 0.435. The Labute approximate surface area is 108 Å². The van der Waals surface area contributed by atoms with Crippen LogP contribution in [-0.2, 0) is 0 Å². The van der Waals surface area contributed by atoms with Gasteiger partial charge in [0.1, 0.15) is 3.57 Å². The lowest BCUT2D eigenvalue weighted by Crippen LogP contribution is -1.88.